The maximum absolute atomic E-state index is 13.8. The highest BCUT2D eigenvalue weighted by Gasteiger charge is 2.64. The Morgan fingerprint density at radius 1 is 1.12 bits per heavy atom. The molecule has 2 saturated carbocycles. The molecule has 5 rings (SSSR count). The standard InChI is InChI=1S/C25H23ClF4N2O2/c26-20-7-3-14(25(28,29)30)10-18(20)22(33)31-17-5-1-13(2-6-17)9-15-12-24(15)19-11-16(27)4-8-21(19)32-23(24)34/h3-4,7-8,10-11,13,15,17H,1-2,5-6,9,12H2,(H,31,33)(H,32,34)/t13?,15-,17?,24-/m1/s1. The lowest BCUT2D eigenvalue weighted by atomic mass is 9.81. The fraction of sp³-hybridized carbons (Fsp3) is 0.440. The lowest BCUT2D eigenvalue weighted by molar-refractivity contribution is -0.137. The van der Waals surface area contributed by atoms with Crippen LogP contribution in [0.1, 0.15) is 60.0 Å². The SMILES string of the molecule is O=C(NC1CCC(C[C@@H]2C[C@@]23C(=O)Nc2ccc(F)cc23)CC1)c1cc(C(F)(F)F)ccc1Cl. The second-order valence-corrected chi connectivity index (χ2v) is 10.0. The Labute approximate surface area is 199 Å². The molecule has 0 bridgehead atoms. The zero-order valence-electron chi connectivity index (χ0n) is 18.1. The summed E-state index contributed by atoms with van der Waals surface area (Å²) in [6, 6.07) is 6.99. The number of halogens is 5. The van der Waals surface area contributed by atoms with Crippen LogP contribution in [0.3, 0.4) is 0 Å². The molecule has 0 saturated heterocycles. The van der Waals surface area contributed by atoms with Gasteiger partial charge in [0, 0.05) is 11.7 Å². The third-order valence-corrected chi connectivity index (χ3v) is 7.89. The van der Waals surface area contributed by atoms with Gasteiger partial charge < -0.3 is 10.6 Å². The molecule has 2 aliphatic carbocycles. The van der Waals surface area contributed by atoms with Gasteiger partial charge in [-0.1, -0.05) is 11.6 Å². The predicted octanol–water partition coefficient (Wildman–Crippen LogP) is 6.09. The lowest BCUT2D eigenvalue weighted by Crippen LogP contribution is -2.38. The number of rotatable bonds is 4. The highest BCUT2D eigenvalue weighted by Crippen LogP contribution is 2.62. The van der Waals surface area contributed by atoms with Crippen LogP contribution in [0.4, 0.5) is 23.2 Å². The Morgan fingerprint density at radius 3 is 2.56 bits per heavy atom. The van der Waals surface area contributed by atoms with Crippen molar-refractivity contribution in [3.05, 3.63) is 63.9 Å². The molecule has 0 unspecified atom stereocenters. The smallest absolute Gasteiger partial charge is 0.349 e. The van der Waals surface area contributed by atoms with Crippen LogP contribution < -0.4 is 10.6 Å². The molecule has 0 radical (unpaired) electrons. The zero-order chi connectivity index (χ0) is 24.3. The minimum absolute atomic E-state index is 0.0234. The molecule has 1 spiro atoms. The van der Waals surface area contributed by atoms with Crippen LogP contribution in [0.15, 0.2) is 36.4 Å². The minimum atomic E-state index is -4.56. The van der Waals surface area contributed by atoms with Crippen molar-refractivity contribution in [3.8, 4) is 0 Å². The van der Waals surface area contributed by atoms with E-state index in [2.05, 4.69) is 10.6 Å². The van der Waals surface area contributed by atoms with Crippen molar-refractivity contribution in [3.63, 3.8) is 0 Å². The molecule has 2 aromatic carbocycles. The van der Waals surface area contributed by atoms with E-state index in [0.29, 0.717) is 30.9 Å². The maximum Gasteiger partial charge on any atom is 0.416 e. The van der Waals surface area contributed by atoms with E-state index in [1.54, 1.807) is 6.07 Å². The normalized spacial score (nSPS) is 27.9. The number of anilines is 1. The van der Waals surface area contributed by atoms with Gasteiger partial charge in [0.1, 0.15) is 5.82 Å². The van der Waals surface area contributed by atoms with E-state index in [9.17, 15) is 27.2 Å². The van der Waals surface area contributed by atoms with E-state index >= 15 is 0 Å². The molecule has 34 heavy (non-hydrogen) atoms. The largest absolute Gasteiger partial charge is 0.416 e. The van der Waals surface area contributed by atoms with E-state index in [-0.39, 0.29) is 34.3 Å². The van der Waals surface area contributed by atoms with Crippen molar-refractivity contribution >= 4 is 29.1 Å². The third kappa shape index (κ3) is 4.06. The summed E-state index contributed by atoms with van der Waals surface area (Å²) in [5, 5.41) is 5.67. The first-order chi connectivity index (χ1) is 16.1. The summed E-state index contributed by atoms with van der Waals surface area (Å²) >= 11 is 5.98. The van der Waals surface area contributed by atoms with Crippen LogP contribution in [-0.4, -0.2) is 17.9 Å². The van der Waals surface area contributed by atoms with E-state index in [0.717, 1.165) is 43.0 Å². The molecular weight excluding hydrogens is 472 g/mol. The van der Waals surface area contributed by atoms with Gasteiger partial charge in [-0.25, -0.2) is 4.39 Å². The topological polar surface area (TPSA) is 58.2 Å². The van der Waals surface area contributed by atoms with E-state index < -0.39 is 23.1 Å². The highest BCUT2D eigenvalue weighted by molar-refractivity contribution is 6.33. The molecular formula is C25H23ClF4N2O2. The Kier molecular flexibility index (Phi) is 5.62. The summed E-state index contributed by atoms with van der Waals surface area (Å²) in [7, 11) is 0. The molecule has 1 aliphatic heterocycles. The highest BCUT2D eigenvalue weighted by atomic mass is 35.5. The summed E-state index contributed by atoms with van der Waals surface area (Å²) in [4.78, 5) is 25.2. The van der Waals surface area contributed by atoms with Crippen LogP contribution in [0.5, 0.6) is 0 Å². The second kappa shape index (κ2) is 8.26. The van der Waals surface area contributed by atoms with Crippen LogP contribution in [0, 0.1) is 17.7 Å². The van der Waals surface area contributed by atoms with Crippen LogP contribution in [0.25, 0.3) is 0 Å². The number of amides is 2. The van der Waals surface area contributed by atoms with Crippen LogP contribution >= 0.6 is 11.6 Å². The van der Waals surface area contributed by atoms with E-state index in [4.69, 9.17) is 11.6 Å². The van der Waals surface area contributed by atoms with E-state index in [1.807, 2.05) is 0 Å². The molecule has 180 valence electrons. The number of hydrogen-bond donors (Lipinski definition) is 2. The van der Waals surface area contributed by atoms with Gasteiger partial charge in [-0.2, -0.15) is 13.2 Å². The number of hydrogen-bond acceptors (Lipinski definition) is 2. The monoisotopic (exact) mass is 494 g/mol. The molecule has 2 amide bonds. The summed E-state index contributed by atoms with van der Waals surface area (Å²) < 4.78 is 52.8. The zero-order valence-corrected chi connectivity index (χ0v) is 18.9. The number of carbonyl (C=O) groups excluding carboxylic acids is 2. The first-order valence-electron chi connectivity index (χ1n) is 11.4. The molecule has 2 aromatic rings. The number of fused-ring (bicyclic) bond motifs is 2. The van der Waals surface area contributed by atoms with Gasteiger partial charge in [-0.3, -0.25) is 9.59 Å². The lowest BCUT2D eigenvalue weighted by Gasteiger charge is -2.29. The number of alkyl halides is 3. The molecule has 2 atom stereocenters. The van der Waals surface area contributed by atoms with Crippen LogP contribution in [-0.2, 0) is 16.4 Å². The average molecular weight is 495 g/mol. The predicted molar refractivity (Wildman–Crippen MR) is 119 cm³/mol. The van der Waals surface area contributed by atoms with Crippen molar-refractivity contribution in [1.29, 1.82) is 0 Å². The Bertz CT molecular complexity index is 1160. The molecule has 3 aliphatic rings. The third-order valence-electron chi connectivity index (χ3n) is 7.56. The summed E-state index contributed by atoms with van der Waals surface area (Å²) in [6.45, 7) is 0. The molecule has 2 fully saturated rings. The molecule has 2 N–H and O–H groups in total. The first kappa shape index (κ1) is 23.1. The number of benzene rings is 2. The van der Waals surface area contributed by atoms with Gasteiger partial charge in [0.15, 0.2) is 0 Å². The van der Waals surface area contributed by atoms with Crippen molar-refractivity contribution in [2.45, 2.75) is 56.2 Å². The molecule has 0 aromatic heterocycles. The van der Waals surface area contributed by atoms with Crippen molar-refractivity contribution in [2.24, 2.45) is 11.8 Å². The van der Waals surface area contributed by atoms with Gasteiger partial charge in [0.25, 0.3) is 5.91 Å². The van der Waals surface area contributed by atoms with E-state index in [1.165, 1.54) is 12.1 Å². The quantitative estimate of drug-likeness (QED) is 0.506. The Balaban J connectivity index is 1.17. The summed E-state index contributed by atoms with van der Waals surface area (Å²) in [6.07, 6.45) is 0.0784. The van der Waals surface area contributed by atoms with Gasteiger partial charge in [0.05, 0.1) is 21.6 Å². The fourth-order valence-corrected chi connectivity index (χ4v) is 5.86. The summed E-state index contributed by atoms with van der Waals surface area (Å²) in [5.74, 6) is -0.480. The van der Waals surface area contributed by atoms with Crippen molar-refractivity contribution < 1.29 is 27.2 Å². The Hall–Kier alpha value is -2.61. The fourth-order valence-electron chi connectivity index (χ4n) is 5.66. The van der Waals surface area contributed by atoms with Crippen molar-refractivity contribution in [2.75, 3.05) is 5.32 Å². The minimum Gasteiger partial charge on any atom is -0.349 e. The molecule has 1 heterocycles. The maximum atomic E-state index is 13.8. The first-order valence-corrected chi connectivity index (χ1v) is 11.7. The Morgan fingerprint density at radius 2 is 1.85 bits per heavy atom. The van der Waals surface area contributed by atoms with Gasteiger partial charge >= 0.3 is 6.18 Å². The number of carbonyl (C=O) groups is 2. The number of nitrogens with one attached hydrogen (secondary N) is 2. The van der Waals surface area contributed by atoms with Gasteiger partial charge in [0.2, 0.25) is 5.91 Å². The molecule has 9 heteroatoms. The van der Waals surface area contributed by atoms with Gasteiger partial charge in [-0.15, -0.1) is 0 Å². The summed E-state index contributed by atoms with van der Waals surface area (Å²) in [5.41, 5.74) is -0.281. The van der Waals surface area contributed by atoms with Crippen molar-refractivity contribution in [1.82, 2.24) is 5.32 Å². The second-order valence-electron chi connectivity index (χ2n) is 9.64. The van der Waals surface area contributed by atoms with Gasteiger partial charge in [-0.05, 0) is 92.3 Å². The van der Waals surface area contributed by atoms with Crippen LogP contribution in [0.2, 0.25) is 5.02 Å². The average Bonchev–Trinajstić information content (AvgIpc) is 3.43. The molecule has 4 nitrogen and oxygen atoms in total.